The van der Waals surface area contributed by atoms with E-state index in [2.05, 4.69) is 93.1 Å². The molecule has 0 fully saturated rings. The molecule has 0 saturated heterocycles. The zero-order chi connectivity index (χ0) is 25.1. The number of rotatable bonds is 14. The monoisotopic (exact) mass is 447 g/mol. The molecular weight excluding hydrogens is 402 g/mol. The molecule has 0 aliphatic heterocycles. The average Bonchev–Trinajstić information content (AvgIpc) is 2.80. The minimum Gasteiger partial charge on any atom is -0.363 e. The second-order valence-electron chi connectivity index (χ2n) is 7.80. The van der Waals surface area contributed by atoms with Gasteiger partial charge in [0.15, 0.2) is 0 Å². The van der Waals surface area contributed by atoms with Crippen molar-refractivity contribution in [1.82, 2.24) is 9.80 Å². The molecule has 0 atom stereocenters. The maximum Gasteiger partial charge on any atom is 0.138 e. The van der Waals surface area contributed by atoms with Gasteiger partial charge < -0.3 is 9.80 Å². The summed E-state index contributed by atoms with van der Waals surface area (Å²) in [5.74, 6) is 10.2. The molecule has 0 rings (SSSR count). The lowest BCUT2D eigenvalue weighted by Crippen LogP contribution is -2.24. The lowest BCUT2D eigenvalue weighted by atomic mass is 10.1. The second kappa shape index (κ2) is 18.6. The van der Waals surface area contributed by atoms with E-state index in [9.17, 15) is 0 Å². The van der Waals surface area contributed by atoms with Gasteiger partial charge in [-0.15, -0.1) is 6.42 Å². The Balaban J connectivity index is 6.63. The van der Waals surface area contributed by atoms with Crippen molar-refractivity contribution in [3.8, 4) is 24.2 Å². The summed E-state index contributed by atoms with van der Waals surface area (Å²) in [6.07, 6.45) is 22.0. The molecule has 0 N–H and O–H groups in total. The Labute approximate surface area is 204 Å². The number of terminal acetylenes is 1. The van der Waals surface area contributed by atoms with Gasteiger partial charge in [0.25, 0.3) is 0 Å². The Kier molecular flexibility index (Phi) is 17.0. The highest BCUT2D eigenvalue weighted by molar-refractivity contribution is 5.99. The van der Waals surface area contributed by atoms with Gasteiger partial charge >= 0.3 is 0 Å². The average molecular weight is 448 g/mol. The van der Waals surface area contributed by atoms with Crippen LogP contribution >= 0.6 is 0 Å². The van der Waals surface area contributed by atoms with E-state index in [0.29, 0.717) is 6.54 Å². The fraction of sp³-hybridized carbons (Fsp3) is 0.500. The minimum atomic E-state index is 0.544. The highest BCUT2D eigenvalue weighted by Gasteiger charge is 2.17. The van der Waals surface area contributed by atoms with Crippen molar-refractivity contribution in [3.05, 3.63) is 59.7 Å². The van der Waals surface area contributed by atoms with E-state index in [1.807, 2.05) is 20.2 Å². The van der Waals surface area contributed by atoms with Gasteiger partial charge in [0.2, 0.25) is 0 Å². The maximum atomic E-state index is 5.61. The van der Waals surface area contributed by atoms with Crippen molar-refractivity contribution in [1.29, 1.82) is 0 Å². The summed E-state index contributed by atoms with van der Waals surface area (Å²) in [6, 6.07) is 0. The van der Waals surface area contributed by atoms with Crippen molar-refractivity contribution in [2.24, 2.45) is 4.99 Å². The number of unbranched alkanes of at least 4 members (excludes halogenated alkanes) is 1. The molecule has 33 heavy (non-hydrogen) atoms. The SMILES string of the molecule is C#CCN(C)C(=CCC)/C(CC)=C(/N=C(\C)C#CC(/C=C\CCC)=C/CC)N(C=C)CCC. The third-order valence-electron chi connectivity index (χ3n) is 4.86. The number of likely N-dealkylation sites (N-methyl/N-ethyl adjacent to an activating group) is 1. The summed E-state index contributed by atoms with van der Waals surface area (Å²) in [4.78, 5) is 9.26. The van der Waals surface area contributed by atoms with Crippen molar-refractivity contribution < 1.29 is 0 Å². The van der Waals surface area contributed by atoms with Crippen molar-refractivity contribution in [2.45, 2.75) is 80.1 Å². The predicted molar refractivity (Wildman–Crippen MR) is 148 cm³/mol. The van der Waals surface area contributed by atoms with E-state index in [1.54, 1.807) is 0 Å². The molecule has 0 spiro atoms. The highest BCUT2D eigenvalue weighted by Crippen LogP contribution is 2.26. The first-order valence-electron chi connectivity index (χ1n) is 12.3. The van der Waals surface area contributed by atoms with Gasteiger partial charge in [-0.2, -0.15) is 0 Å². The summed E-state index contributed by atoms with van der Waals surface area (Å²) >= 11 is 0. The van der Waals surface area contributed by atoms with E-state index in [1.165, 1.54) is 0 Å². The van der Waals surface area contributed by atoms with E-state index in [-0.39, 0.29) is 0 Å². The van der Waals surface area contributed by atoms with Crippen LogP contribution < -0.4 is 0 Å². The largest absolute Gasteiger partial charge is 0.363 e. The molecule has 0 aromatic carbocycles. The molecule has 0 aromatic rings. The van der Waals surface area contributed by atoms with Crippen LogP contribution in [0.25, 0.3) is 0 Å². The van der Waals surface area contributed by atoms with Crippen LogP contribution in [0.2, 0.25) is 0 Å². The van der Waals surface area contributed by atoms with Gasteiger partial charge in [0, 0.05) is 30.4 Å². The van der Waals surface area contributed by atoms with Crippen LogP contribution in [0.5, 0.6) is 0 Å². The topological polar surface area (TPSA) is 18.8 Å². The van der Waals surface area contributed by atoms with Crippen LogP contribution in [0.15, 0.2) is 64.7 Å². The number of hydrogen-bond acceptors (Lipinski definition) is 3. The van der Waals surface area contributed by atoms with E-state index in [0.717, 1.165) is 73.4 Å². The standard InChI is InChI=1S/C30H45N3/c1-10-17-18-21-27(19-11-2)23-22-26(8)31-30(33(16-7)25-14-5)28(15-6)29(20-12-3)32(9)24-13-4/h4,16,18-21H,7,10-12,14-15,17,24-25H2,1-3,5-6,8-9H3/b21-18-,27-19+,29-20?,30-28-,31-26+. The molecule has 0 bridgehead atoms. The lowest BCUT2D eigenvalue weighted by molar-refractivity contribution is 0.434. The number of aliphatic imine (C=N–C) groups is 1. The number of nitrogens with zero attached hydrogens (tertiary/aromatic N) is 3. The van der Waals surface area contributed by atoms with Crippen LogP contribution in [0.3, 0.4) is 0 Å². The molecule has 0 radical (unpaired) electrons. The van der Waals surface area contributed by atoms with Crippen LogP contribution in [0.1, 0.15) is 80.1 Å². The number of allylic oxidation sites excluding steroid dienone is 6. The summed E-state index contributed by atoms with van der Waals surface area (Å²) in [5.41, 5.74) is 4.09. The fourth-order valence-electron chi connectivity index (χ4n) is 3.32. The van der Waals surface area contributed by atoms with Gasteiger partial charge in [0.1, 0.15) is 5.82 Å². The first kappa shape index (κ1) is 30.1. The first-order chi connectivity index (χ1) is 15.9. The van der Waals surface area contributed by atoms with Crippen LogP contribution in [0, 0.1) is 24.2 Å². The molecule has 0 aliphatic carbocycles. The van der Waals surface area contributed by atoms with Crippen LogP contribution in [0.4, 0.5) is 0 Å². The summed E-state index contributed by atoms with van der Waals surface area (Å²) in [6.45, 7) is 18.2. The Morgan fingerprint density at radius 3 is 2.24 bits per heavy atom. The molecule has 180 valence electrons. The van der Waals surface area contributed by atoms with Gasteiger partial charge in [0.05, 0.1) is 12.3 Å². The highest BCUT2D eigenvalue weighted by atomic mass is 15.2. The van der Waals surface area contributed by atoms with Crippen molar-refractivity contribution in [2.75, 3.05) is 20.1 Å². The molecule has 0 aromatic heterocycles. The minimum absolute atomic E-state index is 0.544. The fourth-order valence-corrected chi connectivity index (χ4v) is 3.32. The summed E-state index contributed by atoms with van der Waals surface area (Å²) < 4.78 is 0. The van der Waals surface area contributed by atoms with Crippen molar-refractivity contribution in [3.63, 3.8) is 0 Å². The van der Waals surface area contributed by atoms with E-state index >= 15 is 0 Å². The lowest BCUT2D eigenvalue weighted by Gasteiger charge is -2.28. The van der Waals surface area contributed by atoms with Gasteiger partial charge in [-0.05, 0) is 51.1 Å². The molecule has 3 nitrogen and oxygen atoms in total. The Morgan fingerprint density at radius 1 is 1.03 bits per heavy atom. The predicted octanol–water partition coefficient (Wildman–Crippen LogP) is 7.48. The Hall–Kier alpha value is -2.91. The second-order valence-corrected chi connectivity index (χ2v) is 7.80. The Bertz CT molecular complexity index is 847. The van der Waals surface area contributed by atoms with Gasteiger partial charge in [-0.3, -0.25) is 0 Å². The van der Waals surface area contributed by atoms with E-state index < -0.39 is 0 Å². The maximum absolute atomic E-state index is 5.61. The van der Waals surface area contributed by atoms with Crippen LogP contribution in [-0.2, 0) is 0 Å². The summed E-state index contributed by atoms with van der Waals surface area (Å²) in [7, 11) is 2.04. The van der Waals surface area contributed by atoms with E-state index in [4.69, 9.17) is 11.4 Å². The zero-order valence-electron chi connectivity index (χ0n) is 22.2. The quantitative estimate of drug-likeness (QED) is 0.156. The molecule has 0 heterocycles. The van der Waals surface area contributed by atoms with Crippen LogP contribution in [-0.4, -0.2) is 35.6 Å². The van der Waals surface area contributed by atoms with Gasteiger partial charge in [-0.25, -0.2) is 4.99 Å². The molecule has 0 saturated carbocycles. The molecule has 0 amide bonds. The molecular formula is C30H45N3. The first-order valence-corrected chi connectivity index (χ1v) is 12.3. The van der Waals surface area contributed by atoms with Crippen molar-refractivity contribution >= 4 is 5.71 Å². The molecule has 3 heteroatoms. The Morgan fingerprint density at radius 2 is 1.73 bits per heavy atom. The van der Waals surface area contributed by atoms with Gasteiger partial charge in [-0.1, -0.05) is 83.8 Å². The smallest absolute Gasteiger partial charge is 0.138 e. The third kappa shape index (κ3) is 11.5. The third-order valence-corrected chi connectivity index (χ3v) is 4.86. The zero-order valence-corrected chi connectivity index (χ0v) is 22.2. The number of hydrogen-bond donors (Lipinski definition) is 0. The molecule has 0 unspecified atom stereocenters. The molecule has 0 aliphatic rings. The normalized spacial score (nSPS) is 13.2. The summed E-state index contributed by atoms with van der Waals surface area (Å²) in [5, 5.41) is 0.